The van der Waals surface area contributed by atoms with Crippen molar-refractivity contribution in [2.24, 2.45) is 5.73 Å². The van der Waals surface area contributed by atoms with Crippen molar-refractivity contribution in [2.75, 3.05) is 13.2 Å². The van der Waals surface area contributed by atoms with Gasteiger partial charge in [-0.25, -0.2) is 4.98 Å². The van der Waals surface area contributed by atoms with Crippen LogP contribution in [0.1, 0.15) is 17.1 Å². The quantitative estimate of drug-likeness (QED) is 0.709. The maximum absolute atomic E-state index is 6.11. The number of hydrogen-bond acceptors (Lipinski definition) is 4. The summed E-state index contributed by atoms with van der Waals surface area (Å²) in [5.41, 5.74) is 6.79. The molecule has 1 aromatic rings. The zero-order chi connectivity index (χ0) is 8.60. The van der Waals surface area contributed by atoms with Crippen LogP contribution in [0.4, 0.5) is 0 Å². The van der Waals surface area contributed by atoms with Crippen molar-refractivity contribution in [2.45, 2.75) is 18.9 Å². The van der Waals surface area contributed by atoms with Crippen LogP contribution < -0.4 is 5.73 Å². The van der Waals surface area contributed by atoms with Crippen LogP contribution >= 0.6 is 11.3 Å². The molecule has 1 unspecified atom stereocenters. The molecule has 0 aromatic carbocycles. The molecule has 1 atom stereocenters. The summed E-state index contributed by atoms with van der Waals surface area (Å²) in [6, 6.07) is 0. The van der Waals surface area contributed by atoms with E-state index in [0.717, 1.165) is 23.7 Å². The van der Waals surface area contributed by atoms with Gasteiger partial charge in [0, 0.05) is 12.0 Å². The molecule has 0 bridgehead atoms. The molecule has 1 fully saturated rings. The van der Waals surface area contributed by atoms with Crippen molar-refractivity contribution in [3.63, 3.8) is 0 Å². The second kappa shape index (κ2) is 2.80. The number of nitrogens with zero attached hydrogens (tertiary/aromatic N) is 1. The van der Waals surface area contributed by atoms with Crippen LogP contribution in [-0.4, -0.2) is 18.2 Å². The van der Waals surface area contributed by atoms with E-state index in [4.69, 9.17) is 10.5 Å². The Hall–Kier alpha value is -0.450. The minimum Gasteiger partial charge on any atom is -0.379 e. The highest BCUT2D eigenvalue weighted by Crippen LogP contribution is 2.28. The zero-order valence-electron chi connectivity index (χ0n) is 7.04. The van der Waals surface area contributed by atoms with Crippen LogP contribution in [0.3, 0.4) is 0 Å². The summed E-state index contributed by atoms with van der Waals surface area (Å²) in [5.74, 6) is 0. The van der Waals surface area contributed by atoms with E-state index < -0.39 is 0 Å². The molecule has 0 aliphatic carbocycles. The number of ether oxygens (including phenoxy) is 1. The van der Waals surface area contributed by atoms with E-state index in [1.54, 1.807) is 11.3 Å². The van der Waals surface area contributed by atoms with Crippen LogP contribution in [0.15, 0.2) is 5.38 Å². The van der Waals surface area contributed by atoms with Gasteiger partial charge in [0.2, 0.25) is 0 Å². The zero-order valence-corrected chi connectivity index (χ0v) is 7.86. The van der Waals surface area contributed by atoms with Crippen molar-refractivity contribution < 1.29 is 4.74 Å². The minimum atomic E-state index is -0.315. The number of nitrogens with two attached hydrogens (primary N) is 1. The molecule has 2 heterocycles. The molecule has 0 saturated carbocycles. The largest absolute Gasteiger partial charge is 0.379 e. The molecule has 3 nitrogen and oxygen atoms in total. The second-order valence-electron chi connectivity index (χ2n) is 3.21. The van der Waals surface area contributed by atoms with Crippen LogP contribution in [0.2, 0.25) is 0 Å². The Balaban J connectivity index is 2.28. The predicted octanol–water partition coefficient (Wildman–Crippen LogP) is 1.03. The van der Waals surface area contributed by atoms with Gasteiger partial charge in [-0.3, -0.25) is 0 Å². The summed E-state index contributed by atoms with van der Waals surface area (Å²) in [6.07, 6.45) is 0.885. The molecule has 2 rings (SSSR count). The van der Waals surface area contributed by atoms with Crippen molar-refractivity contribution in [1.29, 1.82) is 0 Å². The maximum atomic E-state index is 6.11. The Labute approximate surface area is 75.6 Å². The third-order valence-electron chi connectivity index (χ3n) is 2.18. The lowest BCUT2D eigenvalue weighted by atomic mass is 9.97. The van der Waals surface area contributed by atoms with Crippen LogP contribution in [0, 0.1) is 6.92 Å². The molecular weight excluding hydrogens is 172 g/mol. The first-order valence-electron chi connectivity index (χ1n) is 4.00. The van der Waals surface area contributed by atoms with E-state index in [-0.39, 0.29) is 5.54 Å². The van der Waals surface area contributed by atoms with Gasteiger partial charge < -0.3 is 10.5 Å². The second-order valence-corrected chi connectivity index (χ2v) is 4.27. The normalized spacial score (nSPS) is 29.5. The smallest absolute Gasteiger partial charge is 0.0898 e. The molecule has 0 spiro atoms. The Morgan fingerprint density at radius 3 is 3.08 bits per heavy atom. The average Bonchev–Trinajstić information content (AvgIpc) is 2.59. The summed E-state index contributed by atoms with van der Waals surface area (Å²) in [6.45, 7) is 3.36. The molecule has 1 aliphatic rings. The van der Waals surface area contributed by atoms with Gasteiger partial charge in [0.15, 0.2) is 0 Å². The first kappa shape index (κ1) is 8.16. The molecule has 1 saturated heterocycles. The van der Waals surface area contributed by atoms with Crippen LogP contribution in [-0.2, 0) is 10.3 Å². The highest BCUT2D eigenvalue weighted by Gasteiger charge is 2.34. The number of aromatic nitrogens is 1. The standard InChI is InChI=1S/C8H12N2OS/c1-6-10-7(4-12-6)8(9)2-3-11-5-8/h4H,2-3,5,9H2,1H3. The average molecular weight is 184 g/mol. The molecule has 66 valence electrons. The number of rotatable bonds is 1. The lowest BCUT2D eigenvalue weighted by Gasteiger charge is -2.18. The lowest BCUT2D eigenvalue weighted by Crippen LogP contribution is -2.37. The van der Waals surface area contributed by atoms with Gasteiger partial charge in [0.05, 0.1) is 22.8 Å². The first-order valence-corrected chi connectivity index (χ1v) is 4.88. The highest BCUT2D eigenvalue weighted by atomic mass is 32.1. The van der Waals surface area contributed by atoms with Gasteiger partial charge in [-0.05, 0) is 13.3 Å². The molecule has 2 N–H and O–H groups in total. The van der Waals surface area contributed by atoms with Gasteiger partial charge >= 0.3 is 0 Å². The van der Waals surface area contributed by atoms with E-state index >= 15 is 0 Å². The van der Waals surface area contributed by atoms with Gasteiger partial charge in [-0.2, -0.15) is 0 Å². The minimum absolute atomic E-state index is 0.315. The molecule has 1 aliphatic heterocycles. The number of thiazole rings is 1. The van der Waals surface area contributed by atoms with Gasteiger partial charge in [-0.1, -0.05) is 0 Å². The Bertz CT molecular complexity index is 278. The van der Waals surface area contributed by atoms with E-state index in [9.17, 15) is 0 Å². The molecule has 0 radical (unpaired) electrons. The van der Waals surface area contributed by atoms with Crippen molar-refractivity contribution in [3.05, 3.63) is 16.1 Å². The summed E-state index contributed by atoms with van der Waals surface area (Å²) < 4.78 is 5.26. The lowest BCUT2D eigenvalue weighted by molar-refractivity contribution is 0.177. The molecular formula is C8H12N2OS. The van der Waals surface area contributed by atoms with Crippen molar-refractivity contribution >= 4 is 11.3 Å². The van der Waals surface area contributed by atoms with Gasteiger partial charge in [0.1, 0.15) is 0 Å². The third-order valence-corrected chi connectivity index (χ3v) is 2.95. The third kappa shape index (κ3) is 1.26. The maximum Gasteiger partial charge on any atom is 0.0898 e. The fourth-order valence-electron chi connectivity index (χ4n) is 1.37. The summed E-state index contributed by atoms with van der Waals surface area (Å²) in [7, 11) is 0. The Morgan fingerprint density at radius 1 is 1.75 bits per heavy atom. The van der Waals surface area contributed by atoms with Crippen LogP contribution in [0.5, 0.6) is 0 Å². The van der Waals surface area contributed by atoms with E-state index in [1.165, 1.54) is 0 Å². The fraction of sp³-hybridized carbons (Fsp3) is 0.625. The van der Waals surface area contributed by atoms with Gasteiger partial charge in [-0.15, -0.1) is 11.3 Å². The number of aryl methyl sites for hydroxylation is 1. The Morgan fingerprint density at radius 2 is 2.58 bits per heavy atom. The topological polar surface area (TPSA) is 48.1 Å². The van der Waals surface area contributed by atoms with Crippen molar-refractivity contribution in [3.8, 4) is 0 Å². The highest BCUT2D eigenvalue weighted by molar-refractivity contribution is 7.09. The predicted molar refractivity (Wildman–Crippen MR) is 48.2 cm³/mol. The first-order chi connectivity index (χ1) is 5.71. The van der Waals surface area contributed by atoms with E-state index in [0.29, 0.717) is 6.61 Å². The summed E-state index contributed by atoms with van der Waals surface area (Å²) in [5, 5.41) is 3.10. The molecule has 1 aromatic heterocycles. The Kier molecular flexibility index (Phi) is 1.90. The van der Waals surface area contributed by atoms with Gasteiger partial charge in [0.25, 0.3) is 0 Å². The number of hydrogen-bond donors (Lipinski definition) is 1. The SMILES string of the molecule is Cc1nc(C2(N)CCOC2)cs1. The fourth-order valence-corrected chi connectivity index (χ4v) is 2.10. The summed E-state index contributed by atoms with van der Waals surface area (Å²) in [4.78, 5) is 4.38. The van der Waals surface area contributed by atoms with Crippen molar-refractivity contribution in [1.82, 2.24) is 4.98 Å². The molecule has 12 heavy (non-hydrogen) atoms. The van der Waals surface area contributed by atoms with E-state index in [2.05, 4.69) is 4.98 Å². The summed E-state index contributed by atoms with van der Waals surface area (Å²) >= 11 is 1.64. The van der Waals surface area contributed by atoms with Crippen LogP contribution in [0.25, 0.3) is 0 Å². The molecule has 0 amide bonds. The van der Waals surface area contributed by atoms with E-state index in [1.807, 2.05) is 12.3 Å². The molecule has 4 heteroatoms. The monoisotopic (exact) mass is 184 g/mol.